The Morgan fingerprint density at radius 2 is 1.71 bits per heavy atom. The molecule has 0 saturated carbocycles. The minimum absolute atomic E-state index is 0.795. The number of piperazine rings is 1. The van der Waals surface area contributed by atoms with Crippen LogP contribution in [-0.4, -0.2) is 58.2 Å². The van der Waals surface area contributed by atoms with Crippen molar-refractivity contribution >= 4 is 23.4 Å². The molecule has 0 unspecified atom stereocenters. The van der Waals surface area contributed by atoms with E-state index in [1.54, 1.807) is 9.80 Å². The van der Waals surface area contributed by atoms with E-state index in [4.69, 9.17) is 16.3 Å². The topological polar surface area (TPSA) is 18.1 Å². The largest absolute Gasteiger partial charge is 0.375 e. The third-order valence-corrected chi connectivity index (χ3v) is 5.30. The summed E-state index contributed by atoms with van der Waals surface area (Å²) in [5, 5.41) is 0.795. The van der Waals surface area contributed by atoms with E-state index in [9.17, 15) is 0 Å². The standard InChI is InChI=1S/C16H25ClN2OS/c1-2-18-7-9-19(10-8-18)11-12-20-13-14-21-16-5-3-15(17)4-6-16/h3-6H,2,7-14H2,1H3/p+2. The third kappa shape index (κ3) is 6.57. The van der Waals surface area contributed by atoms with Crippen molar-refractivity contribution in [3.63, 3.8) is 0 Å². The van der Waals surface area contributed by atoms with Gasteiger partial charge < -0.3 is 14.5 Å². The SMILES string of the molecule is CC[NH+]1CC[NH+](CCOCCSc2ccc(Cl)cc2)CC1. The number of benzene rings is 1. The lowest BCUT2D eigenvalue weighted by Crippen LogP contribution is -3.28. The van der Waals surface area contributed by atoms with Crippen molar-refractivity contribution in [3.05, 3.63) is 29.3 Å². The highest BCUT2D eigenvalue weighted by Gasteiger charge is 2.20. The number of likely N-dealkylation sites (N-methyl/N-ethyl adjacent to an activating group) is 1. The maximum Gasteiger partial charge on any atom is 0.127 e. The first-order valence-electron chi connectivity index (χ1n) is 7.91. The van der Waals surface area contributed by atoms with Gasteiger partial charge in [-0.2, -0.15) is 0 Å². The molecule has 1 aromatic carbocycles. The second kappa shape index (κ2) is 9.70. The van der Waals surface area contributed by atoms with Gasteiger partial charge in [-0.3, -0.25) is 0 Å². The Bertz CT molecular complexity index is 394. The summed E-state index contributed by atoms with van der Waals surface area (Å²) in [5.74, 6) is 1.00. The van der Waals surface area contributed by atoms with Crippen LogP contribution >= 0.6 is 23.4 Å². The van der Waals surface area contributed by atoms with Crippen LogP contribution in [0.2, 0.25) is 5.02 Å². The molecule has 0 bridgehead atoms. The van der Waals surface area contributed by atoms with Gasteiger partial charge in [0.2, 0.25) is 0 Å². The van der Waals surface area contributed by atoms with E-state index in [0.29, 0.717) is 0 Å². The van der Waals surface area contributed by atoms with Gasteiger partial charge in [-0.05, 0) is 31.2 Å². The Hall–Kier alpha value is -0.260. The molecule has 1 aromatic rings. The zero-order valence-corrected chi connectivity index (χ0v) is 14.4. The first-order chi connectivity index (χ1) is 10.3. The lowest BCUT2D eigenvalue weighted by molar-refractivity contribution is -1.01. The molecule has 1 fully saturated rings. The lowest BCUT2D eigenvalue weighted by Gasteiger charge is -2.28. The molecule has 1 aliphatic rings. The molecule has 0 aliphatic carbocycles. The fourth-order valence-electron chi connectivity index (χ4n) is 2.63. The van der Waals surface area contributed by atoms with Gasteiger partial charge in [0.15, 0.2) is 0 Å². The summed E-state index contributed by atoms with van der Waals surface area (Å²) in [4.78, 5) is 4.71. The van der Waals surface area contributed by atoms with Crippen molar-refractivity contribution in [1.29, 1.82) is 0 Å². The van der Waals surface area contributed by atoms with Crippen molar-refractivity contribution < 1.29 is 14.5 Å². The highest BCUT2D eigenvalue weighted by molar-refractivity contribution is 7.99. The smallest absolute Gasteiger partial charge is 0.127 e. The molecule has 1 aliphatic heterocycles. The minimum Gasteiger partial charge on any atom is -0.375 e. The maximum absolute atomic E-state index is 5.87. The summed E-state index contributed by atoms with van der Waals surface area (Å²) in [6.07, 6.45) is 0. The van der Waals surface area contributed by atoms with Crippen LogP contribution in [0.15, 0.2) is 29.2 Å². The van der Waals surface area contributed by atoms with Crippen LogP contribution in [0.5, 0.6) is 0 Å². The van der Waals surface area contributed by atoms with Crippen LogP contribution in [0.4, 0.5) is 0 Å². The Labute approximate surface area is 137 Å². The monoisotopic (exact) mass is 330 g/mol. The van der Waals surface area contributed by atoms with Gasteiger partial charge in [-0.15, -0.1) is 11.8 Å². The van der Waals surface area contributed by atoms with Crippen molar-refractivity contribution in [2.24, 2.45) is 0 Å². The molecule has 2 N–H and O–H groups in total. The molecule has 21 heavy (non-hydrogen) atoms. The molecule has 0 radical (unpaired) electrons. The third-order valence-electron chi connectivity index (χ3n) is 4.07. The molecule has 2 rings (SSSR count). The molecule has 0 spiro atoms. The molecule has 3 nitrogen and oxygen atoms in total. The second-order valence-corrected chi connectivity index (χ2v) is 7.12. The van der Waals surface area contributed by atoms with Gasteiger partial charge in [0, 0.05) is 15.7 Å². The van der Waals surface area contributed by atoms with Gasteiger partial charge in [0.05, 0.1) is 19.8 Å². The average Bonchev–Trinajstić information content (AvgIpc) is 2.53. The average molecular weight is 331 g/mol. The summed E-state index contributed by atoms with van der Waals surface area (Å²) in [6.45, 7) is 11.6. The van der Waals surface area contributed by atoms with E-state index in [1.807, 2.05) is 23.9 Å². The van der Waals surface area contributed by atoms with E-state index in [2.05, 4.69) is 19.1 Å². The Morgan fingerprint density at radius 1 is 1.05 bits per heavy atom. The predicted molar refractivity (Wildman–Crippen MR) is 89.8 cm³/mol. The molecule has 1 heterocycles. The van der Waals surface area contributed by atoms with E-state index in [0.717, 1.165) is 30.5 Å². The van der Waals surface area contributed by atoms with Gasteiger partial charge in [-0.25, -0.2) is 0 Å². The van der Waals surface area contributed by atoms with Crippen LogP contribution in [-0.2, 0) is 4.74 Å². The number of thioether (sulfide) groups is 1. The molecule has 118 valence electrons. The molecule has 0 amide bonds. The van der Waals surface area contributed by atoms with Crippen molar-refractivity contribution in [3.8, 4) is 0 Å². The lowest BCUT2D eigenvalue weighted by atomic mass is 10.3. The fourth-order valence-corrected chi connectivity index (χ4v) is 3.52. The predicted octanol–water partition coefficient (Wildman–Crippen LogP) is 0.252. The molecule has 0 atom stereocenters. The van der Waals surface area contributed by atoms with Crippen molar-refractivity contribution in [2.45, 2.75) is 11.8 Å². The quantitative estimate of drug-likeness (QED) is 0.526. The van der Waals surface area contributed by atoms with Gasteiger partial charge in [0.1, 0.15) is 32.7 Å². The van der Waals surface area contributed by atoms with E-state index < -0.39 is 0 Å². The van der Waals surface area contributed by atoms with Crippen LogP contribution in [0, 0.1) is 0 Å². The summed E-state index contributed by atoms with van der Waals surface area (Å²) in [6, 6.07) is 8.00. The summed E-state index contributed by atoms with van der Waals surface area (Å²) < 4.78 is 5.76. The number of ether oxygens (including phenoxy) is 1. The maximum atomic E-state index is 5.87. The molecule has 1 saturated heterocycles. The highest BCUT2D eigenvalue weighted by Crippen LogP contribution is 2.19. The summed E-state index contributed by atoms with van der Waals surface area (Å²) in [7, 11) is 0. The number of hydrogen-bond acceptors (Lipinski definition) is 2. The number of quaternary nitrogens is 2. The fraction of sp³-hybridized carbons (Fsp3) is 0.625. The number of rotatable bonds is 8. The summed E-state index contributed by atoms with van der Waals surface area (Å²) in [5.41, 5.74) is 0. The minimum atomic E-state index is 0.795. The van der Waals surface area contributed by atoms with E-state index in [1.165, 1.54) is 37.6 Å². The van der Waals surface area contributed by atoms with Gasteiger partial charge >= 0.3 is 0 Å². The van der Waals surface area contributed by atoms with Crippen LogP contribution in [0.25, 0.3) is 0 Å². The number of halogens is 1. The Kier molecular flexibility index (Phi) is 7.89. The molecular formula is C16H27ClN2OS+2. The zero-order chi connectivity index (χ0) is 14.9. The van der Waals surface area contributed by atoms with E-state index in [-0.39, 0.29) is 0 Å². The van der Waals surface area contributed by atoms with Crippen LogP contribution in [0.1, 0.15) is 6.92 Å². The highest BCUT2D eigenvalue weighted by atomic mass is 35.5. The van der Waals surface area contributed by atoms with Crippen molar-refractivity contribution in [2.75, 3.05) is 58.2 Å². The van der Waals surface area contributed by atoms with Crippen LogP contribution < -0.4 is 9.80 Å². The second-order valence-electron chi connectivity index (χ2n) is 5.52. The molecule has 0 aromatic heterocycles. The molecular weight excluding hydrogens is 304 g/mol. The first-order valence-corrected chi connectivity index (χ1v) is 9.27. The summed E-state index contributed by atoms with van der Waals surface area (Å²) >= 11 is 7.69. The zero-order valence-electron chi connectivity index (χ0n) is 12.9. The van der Waals surface area contributed by atoms with Gasteiger partial charge in [-0.1, -0.05) is 11.6 Å². The Morgan fingerprint density at radius 3 is 2.38 bits per heavy atom. The first kappa shape index (κ1) is 17.1. The van der Waals surface area contributed by atoms with Crippen molar-refractivity contribution in [1.82, 2.24) is 0 Å². The van der Waals surface area contributed by atoms with E-state index >= 15 is 0 Å². The van der Waals surface area contributed by atoms with Gasteiger partial charge in [0.25, 0.3) is 0 Å². The van der Waals surface area contributed by atoms with Crippen LogP contribution in [0.3, 0.4) is 0 Å². The molecule has 5 heteroatoms. The number of hydrogen-bond donors (Lipinski definition) is 2. The normalized spacial score (nSPS) is 22.4. The number of nitrogens with one attached hydrogen (secondary N) is 2. The Balaban J connectivity index is 1.48.